The molecule has 0 N–H and O–H groups in total. The molecule has 0 radical (unpaired) electrons. The SMILES string of the molecule is O=C(c1cccc(-c2cccc(F)c2)c1)N1CCC(C2CN(C(=O)c3cscn3)C2)CC1. The highest BCUT2D eigenvalue weighted by Crippen LogP contribution is 2.33. The van der Waals surface area contributed by atoms with E-state index in [9.17, 15) is 14.0 Å². The Balaban J connectivity index is 1.16. The summed E-state index contributed by atoms with van der Waals surface area (Å²) in [6.45, 7) is 3.02. The highest BCUT2D eigenvalue weighted by Gasteiger charge is 2.38. The summed E-state index contributed by atoms with van der Waals surface area (Å²) in [5.41, 5.74) is 4.46. The number of piperidine rings is 1. The quantitative estimate of drug-likeness (QED) is 0.586. The maximum absolute atomic E-state index is 13.6. The number of amides is 2. The average molecular weight is 450 g/mol. The van der Waals surface area contributed by atoms with Crippen molar-refractivity contribution in [1.82, 2.24) is 14.8 Å². The Kier molecular flexibility index (Phi) is 5.74. The maximum atomic E-state index is 13.6. The minimum Gasteiger partial charge on any atom is -0.339 e. The number of hydrogen-bond acceptors (Lipinski definition) is 4. The van der Waals surface area contributed by atoms with Gasteiger partial charge in [0.1, 0.15) is 11.5 Å². The lowest BCUT2D eigenvalue weighted by molar-refractivity contribution is 0.0225. The Hall–Kier alpha value is -3.06. The second-order valence-electron chi connectivity index (χ2n) is 8.56. The fourth-order valence-electron chi connectivity index (χ4n) is 4.71. The minimum absolute atomic E-state index is 0.0216. The van der Waals surface area contributed by atoms with Crippen LogP contribution in [0.4, 0.5) is 4.39 Å². The molecule has 0 spiro atoms. The smallest absolute Gasteiger partial charge is 0.273 e. The summed E-state index contributed by atoms with van der Waals surface area (Å²) in [6.07, 6.45) is 1.91. The van der Waals surface area contributed by atoms with Crippen LogP contribution in [0.5, 0.6) is 0 Å². The molecule has 1 aromatic heterocycles. The van der Waals surface area contributed by atoms with Gasteiger partial charge >= 0.3 is 0 Å². The van der Waals surface area contributed by atoms with E-state index in [1.54, 1.807) is 17.0 Å². The normalized spacial score (nSPS) is 17.3. The summed E-state index contributed by atoms with van der Waals surface area (Å²) in [5.74, 6) is 0.802. The molecule has 0 aliphatic carbocycles. The van der Waals surface area contributed by atoms with Crippen molar-refractivity contribution in [2.24, 2.45) is 11.8 Å². The molecule has 0 unspecified atom stereocenters. The van der Waals surface area contributed by atoms with Gasteiger partial charge < -0.3 is 9.80 Å². The number of hydrogen-bond donors (Lipinski definition) is 0. The maximum Gasteiger partial charge on any atom is 0.273 e. The third-order valence-electron chi connectivity index (χ3n) is 6.61. The van der Waals surface area contributed by atoms with Gasteiger partial charge in [-0.25, -0.2) is 9.37 Å². The Bertz CT molecular complexity index is 1120. The van der Waals surface area contributed by atoms with Gasteiger partial charge in [-0.05, 0) is 60.1 Å². The number of halogens is 1. The van der Waals surface area contributed by atoms with Crippen LogP contribution in [0, 0.1) is 17.7 Å². The van der Waals surface area contributed by atoms with Crippen molar-refractivity contribution in [1.29, 1.82) is 0 Å². The van der Waals surface area contributed by atoms with Gasteiger partial charge in [-0.1, -0.05) is 24.3 Å². The summed E-state index contributed by atoms with van der Waals surface area (Å²) < 4.78 is 13.6. The third kappa shape index (κ3) is 4.17. The number of rotatable bonds is 4. The largest absolute Gasteiger partial charge is 0.339 e. The van der Waals surface area contributed by atoms with E-state index in [1.165, 1.54) is 23.5 Å². The summed E-state index contributed by atoms with van der Waals surface area (Å²) >= 11 is 1.44. The number of carbonyl (C=O) groups is 2. The molecule has 7 heteroatoms. The van der Waals surface area contributed by atoms with Gasteiger partial charge in [0.25, 0.3) is 11.8 Å². The molecule has 32 heavy (non-hydrogen) atoms. The molecule has 3 aromatic rings. The van der Waals surface area contributed by atoms with Gasteiger partial charge in [0.15, 0.2) is 0 Å². The minimum atomic E-state index is -0.288. The van der Waals surface area contributed by atoms with Crippen LogP contribution in [-0.2, 0) is 0 Å². The first-order valence-corrected chi connectivity index (χ1v) is 11.9. The molecule has 2 aliphatic heterocycles. The van der Waals surface area contributed by atoms with E-state index in [-0.39, 0.29) is 17.6 Å². The lowest BCUT2D eigenvalue weighted by atomic mass is 9.79. The summed E-state index contributed by atoms with van der Waals surface area (Å²) in [4.78, 5) is 33.3. The van der Waals surface area contributed by atoms with Crippen LogP contribution in [0.3, 0.4) is 0 Å². The molecule has 5 rings (SSSR count). The van der Waals surface area contributed by atoms with Crippen molar-refractivity contribution >= 4 is 23.2 Å². The van der Waals surface area contributed by atoms with Crippen molar-refractivity contribution in [3.63, 3.8) is 0 Å². The number of likely N-dealkylation sites (tertiary alicyclic amines) is 2. The average Bonchev–Trinajstić information content (AvgIpc) is 3.33. The fraction of sp³-hybridized carbons (Fsp3) is 0.320. The van der Waals surface area contributed by atoms with Gasteiger partial charge in [-0.15, -0.1) is 11.3 Å². The van der Waals surface area contributed by atoms with Crippen LogP contribution >= 0.6 is 11.3 Å². The van der Waals surface area contributed by atoms with Gasteiger partial charge in [-0.2, -0.15) is 0 Å². The van der Waals surface area contributed by atoms with Gasteiger partial charge in [0, 0.05) is 37.1 Å². The van der Waals surface area contributed by atoms with Crippen LogP contribution in [-0.4, -0.2) is 52.8 Å². The van der Waals surface area contributed by atoms with Crippen molar-refractivity contribution in [3.8, 4) is 11.1 Å². The van der Waals surface area contributed by atoms with Crippen molar-refractivity contribution in [2.75, 3.05) is 26.2 Å². The molecule has 0 bridgehead atoms. The van der Waals surface area contributed by atoms with Gasteiger partial charge in [-0.3, -0.25) is 9.59 Å². The first-order chi connectivity index (χ1) is 15.6. The van der Waals surface area contributed by atoms with Gasteiger partial charge in [0.2, 0.25) is 0 Å². The van der Waals surface area contributed by atoms with Crippen molar-refractivity contribution in [3.05, 3.63) is 76.5 Å². The van der Waals surface area contributed by atoms with Crippen LogP contribution in [0.2, 0.25) is 0 Å². The first-order valence-electron chi connectivity index (χ1n) is 10.9. The lowest BCUT2D eigenvalue weighted by Gasteiger charge is -2.45. The van der Waals surface area contributed by atoms with E-state index in [1.807, 2.05) is 40.1 Å². The van der Waals surface area contributed by atoms with Crippen LogP contribution < -0.4 is 0 Å². The van der Waals surface area contributed by atoms with Crippen LogP contribution in [0.15, 0.2) is 59.4 Å². The first kappa shape index (κ1) is 20.8. The number of carbonyl (C=O) groups excluding carboxylic acids is 2. The Morgan fingerprint density at radius 2 is 1.62 bits per heavy atom. The second kappa shape index (κ2) is 8.82. The predicted molar refractivity (Wildman–Crippen MR) is 122 cm³/mol. The fourth-order valence-corrected chi connectivity index (χ4v) is 5.24. The number of benzene rings is 2. The zero-order valence-corrected chi connectivity index (χ0v) is 18.4. The van der Waals surface area contributed by atoms with Crippen molar-refractivity contribution in [2.45, 2.75) is 12.8 Å². The van der Waals surface area contributed by atoms with Crippen LogP contribution in [0.25, 0.3) is 11.1 Å². The van der Waals surface area contributed by atoms with E-state index in [0.29, 0.717) is 23.1 Å². The van der Waals surface area contributed by atoms with E-state index in [2.05, 4.69) is 4.98 Å². The Morgan fingerprint density at radius 1 is 0.906 bits per heavy atom. The Labute approximate surface area is 190 Å². The molecule has 2 aliphatic rings. The molecule has 2 amide bonds. The molecule has 0 atom stereocenters. The lowest BCUT2D eigenvalue weighted by Crippen LogP contribution is -2.54. The molecule has 2 saturated heterocycles. The zero-order valence-electron chi connectivity index (χ0n) is 17.6. The monoisotopic (exact) mass is 449 g/mol. The molecule has 0 saturated carbocycles. The molecule has 2 fully saturated rings. The highest BCUT2D eigenvalue weighted by molar-refractivity contribution is 7.07. The van der Waals surface area contributed by atoms with E-state index < -0.39 is 0 Å². The van der Waals surface area contributed by atoms with Crippen LogP contribution in [0.1, 0.15) is 33.7 Å². The van der Waals surface area contributed by atoms with E-state index in [4.69, 9.17) is 0 Å². The topological polar surface area (TPSA) is 53.5 Å². The molecular formula is C25H24FN3O2S. The van der Waals surface area contributed by atoms with Crippen molar-refractivity contribution < 1.29 is 14.0 Å². The van der Waals surface area contributed by atoms with E-state index >= 15 is 0 Å². The molecule has 164 valence electrons. The zero-order chi connectivity index (χ0) is 22.1. The van der Waals surface area contributed by atoms with E-state index in [0.717, 1.165) is 50.1 Å². The third-order valence-corrected chi connectivity index (χ3v) is 7.20. The predicted octanol–water partition coefficient (Wildman–Crippen LogP) is 4.57. The molecule has 3 heterocycles. The summed E-state index contributed by atoms with van der Waals surface area (Å²) in [5, 5.41) is 1.79. The molecule has 2 aromatic carbocycles. The summed E-state index contributed by atoms with van der Waals surface area (Å²) in [6, 6.07) is 13.8. The number of nitrogens with zero attached hydrogens (tertiary/aromatic N) is 3. The number of aromatic nitrogens is 1. The highest BCUT2D eigenvalue weighted by atomic mass is 32.1. The standard InChI is InChI=1S/C25H24FN3O2S/c26-22-6-2-4-19(12-22)18-3-1-5-20(11-18)24(30)28-9-7-17(8-10-28)21-13-29(14-21)25(31)23-15-32-16-27-23/h1-6,11-12,15-17,21H,7-10,13-14H2. The summed E-state index contributed by atoms with van der Waals surface area (Å²) in [7, 11) is 0. The van der Waals surface area contributed by atoms with Gasteiger partial charge in [0.05, 0.1) is 5.51 Å². The second-order valence-corrected chi connectivity index (χ2v) is 9.28. The number of thiazole rings is 1. The molecular weight excluding hydrogens is 425 g/mol. The molecule has 5 nitrogen and oxygen atoms in total. The Morgan fingerprint density at radius 3 is 2.31 bits per heavy atom.